The van der Waals surface area contributed by atoms with Crippen LogP contribution in [0.2, 0.25) is 0 Å². The van der Waals surface area contributed by atoms with E-state index in [4.69, 9.17) is 4.74 Å². The van der Waals surface area contributed by atoms with Crippen molar-refractivity contribution >= 4 is 15.9 Å². The van der Waals surface area contributed by atoms with E-state index in [0.717, 1.165) is 23.4 Å². The quantitative estimate of drug-likeness (QED) is 0.763. The monoisotopic (exact) mass is 295 g/mol. The van der Waals surface area contributed by atoms with Gasteiger partial charge in [-0.3, -0.25) is 0 Å². The molecule has 0 saturated heterocycles. The lowest BCUT2D eigenvalue weighted by Crippen LogP contribution is -2.26. The van der Waals surface area contributed by atoms with Crippen molar-refractivity contribution in [3.8, 4) is 0 Å². The van der Waals surface area contributed by atoms with Gasteiger partial charge in [-0.1, -0.05) is 22.0 Å². The number of nitrogens with zero attached hydrogens (tertiary/aromatic N) is 1. The molecule has 1 aliphatic rings. The second-order valence-corrected chi connectivity index (χ2v) is 6.29. The summed E-state index contributed by atoms with van der Waals surface area (Å²) >= 11 is 3.50. The van der Waals surface area contributed by atoms with Gasteiger partial charge in [0, 0.05) is 17.6 Å². The number of halogens is 1. The fourth-order valence-electron chi connectivity index (χ4n) is 1.96. The summed E-state index contributed by atoms with van der Waals surface area (Å²) in [4.78, 5) is 2.17. The lowest BCUT2D eigenvalue weighted by molar-refractivity contribution is 0.00162. The normalized spacial score (nSPS) is 14.7. The summed E-state index contributed by atoms with van der Waals surface area (Å²) < 4.78 is 6.93. The van der Waals surface area contributed by atoms with Crippen molar-refractivity contribution < 1.29 is 4.74 Å². The van der Waals surface area contributed by atoms with Crippen LogP contribution in [0.4, 0.5) is 0 Å². The molecule has 1 aliphatic heterocycles. The van der Waals surface area contributed by atoms with Gasteiger partial charge in [-0.05, 0) is 50.6 Å². The molecule has 0 radical (unpaired) electrons. The molecule has 0 N–H and O–H groups in total. The third-order valence-corrected chi connectivity index (χ3v) is 3.16. The first-order chi connectivity index (χ1) is 7.85. The zero-order valence-corrected chi connectivity index (χ0v) is 12.2. The Morgan fingerprint density at radius 2 is 1.94 bits per heavy atom. The summed E-state index contributed by atoms with van der Waals surface area (Å²) in [6, 6.07) is 6.40. The van der Waals surface area contributed by atoms with E-state index in [1.165, 1.54) is 11.1 Å². The Morgan fingerprint density at radius 3 is 2.59 bits per heavy atom. The van der Waals surface area contributed by atoms with Crippen LogP contribution in [-0.4, -0.2) is 10.5 Å². The van der Waals surface area contributed by atoms with Crippen LogP contribution in [-0.2, 0) is 17.8 Å². The van der Waals surface area contributed by atoms with Gasteiger partial charge >= 0.3 is 0 Å². The van der Waals surface area contributed by atoms with Crippen molar-refractivity contribution in [1.82, 2.24) is 4.90 Å². The highest BCUT2D eigenvalue weighted by atomic mass is 79.9. The minimum atomic E-state index is -0.188. The molecule has 0 bridgehead atoms. The van der Waals surface area contributed by atoms with Crippen LogP contribution in [0.1, 0.15) is 31.9 Å². The lowest BCUT2D eigenvalue weighted by atomic mass is 10.1. The Hall–Kier alpha value is -0.960. The zero-order valence-electron chi connectivity index (χ0n) is 10.6. The number of benzene rings is 1. The highest BCUT2D eigenvalue weighted by Crippen LogP contribution is 2.29. The van der Waals surface area contributed by atoms with E-state index in [9.17, 15) is 0 Å². The minimum Gasteiger partial charge on any atom is -0.474 e. The highest BCUT2D eigenvalue weighted by Gasteiger charge is 2.23. The van der Waals surface area contributed by atoms with Crippen molar-refractivity contribution in [2.45, 2.75) is 39.5 Å². The molecule has 2 rings (SSSR count). The van der Waals surface area contributed by atoms with Gasteiger partial charge in [-0.15, -0.1) is 0 Å². The van der Waals surface area contributed by atoms with Gasteiger partial charge in [0.1, 0.15) is 5.60 Å². The summed E-state index contributed by atoms with van der Waals surface area (Å²) in [6.07, 6.45) is 0. The molecule has 0 fully saturated rings. The second kappa shape index (κ2) is 4.37. The maximum atomic E-state index is 5.80. The average Bonchev–Trinajstić information content (AvgIpc) is 2.57. The first kappa shape index (κ1) is 12.5. The Morgan fingerprint density at radius 1 is 1.29 bits per heavy atom. The average molecular weight is 296 g/mol. The smallest absolute Gasteiger partial charge is 0.183 e. The molecule has 3 heteroatoms. The van der Waals surface area contributed by atoms with Crippen molar-refractivity contribution in [3.63, 3.8) is 0 Å². The van der Waals surface area contributed by atoms with E-state index in [1.54, 1.807) is 0 Å². The van der Waals surface area contributed by atoms with Gasteiger partial charge in [-0.2, -0.15) is 0 Å². The molecule has 0 spiro atoms. The summed E-state index contributed by atoms with van der Waals surface area (Å²) in [6.45, 7) is 11.9. The van der Waals surface area contributed by atoms with Gasteiger partial charge in [0.05, 0.1) is 0 Å². The zero-order chi connectivity index (χ0) is 12.6. The molecular weight excluding hydrogens is 278 g/mol. The maximum Gasteiger partial charge on any atom is 0.183 e. The molecule has 0 saturated carbocycles. The molecule has 92 valence electrons. The summed E-state index contributed by atoms with van der Waals surface area (Å²) in [7, 11) is 0. The minimum absolute atomic E-state index is 0.188. The number of ether oxygens (including phenoxy) is 1. The van der Waals surface area contributed by atoms with Crippen LogP contribution in [0.5, 0.6) is 0 Å². The van der Waals surface area contributed by atoms with Crippen molar-refractivity contribution in [1.29, 1.82) is 0 Å². The maximum absolute atomic E-state index is 5.80. The van der Waals surface area contributed by atoms with E-state index in [2.05, 4.69) is 45.6 Å². The molecule has 2 nitrogen and oxygen atoms in total. The predicted molar refractivity (Wildman–Crippen MR) is 73.4 cm³/mol. The van der Waals surface area contributed by atoms with Gasteiger partial charge in [-0.25, -0.2) is 0 Å². The SMILES string of the molecule is C=C(OC(C)(C)C)N1Cc2ccc(Br)cc2C1. The lowest BCUT2D eigenvalue weighted by Gasteiger charge is -2.28. The Labute approximate surface area is 111 Å². The molecule has 1 aromatic rings. The Kier molecular flexibility index (Phi) is 3.21. The van der Waals surface area contributed by atoms with Crippen LogP contribution in [0.15, 0.2) is 35.1 Å². The standard InChI is InChI=1S/C14H18BrNO/c1-10(17-14(2,3)4)16-8-11-5-6-13(15)7-12(11)9-16/h5-7H,1,8-9H2,2-4H3. The van der Waals surface area contributed by atoms with Gasteiger partial charge < -0.3 is 9.64 Å². The largest absolute Gasteiger partial charge is 0.474 e. The van der Waals surface area contributed by atoms with Crippen LogP contribution in [0.3, 0.4) is 0 Å². The topological polar surface area (TPSA) is 12.5 Å². The first-order valence-electron chi connectivity index (χ1n) is 5.75. The van der Waals surface area contributed by atoms with Crippen molar-refractivity contribution in [3.05, 3.63) is 46.3 Å². The summed E-state index contributed by atoms with van der Waals surface area (Å²) in [5.74, 6) is 0.754. The van der Waals surface area contributed by atoms with E-state index in [0.29, 0.717) is 0 Å². The molecule has 0 unspecified atom stereocenters. The van der Waals surface area contributed by atoms with Crippen LogP contribution in [0, 0.1) is 0 Å². The highest BCUT2D eigenvalue weighted by molar-refractivity contribution is 9.10. The fourth-order valence-corrected chi connectivity index (χ4v) is 2.37. The third kappa shape index (κ3) is 3.03. The molecule has 0 amide bonds. The van der Waals surface area contributed by atoms with E-state index in [-0.39, 0.29) is 5.60 Å². The third-order valence-electron chi connectivity index (χ3n) is 2.67. The Bertz CT molecular complexity index is 448. The fraction of sp³-hybridized carbons (Fsp3) is 0.429. The van der Waals surface area contributed by atoms with E-state index in [1.807, 2.05) is 20.8 Å². The number of fused-ring (bicyclic) bond motifs is 1. The first-order valence-corrected chi connectivity index (χ1v) is 6.54. The molecule has 0 aliphatic carbocycles. The van der Waals surface area contributed by atoms with Crippen LogP contribution < -0.4 is 0 Å². The number of hydrogen-bond donors (Lipinski definition) is 0. The molecule has 17 heavy (non-hydrogen) atoms. The second-order valence-electron chi connectivity index (χ2n) is 5.38. The number of hydrogen-bond acceptors (Lipinski definition) is 2. The van der Waals surface area contributed by atoms with Crippen LogP contribution in [0.25, 0.3) is 0 Å². The van der Waals surface area contributed by atoms with Crippen molar-refractivity contribution in [2.24, 2.45) is 0 Å². The summed E-state index contributed by atoms with van der Waals surface area (Å²) in [5, 5.41) is 0. The van der Waals surface area contributed by atoms with E-state index < -0.39 is 0 Å². The van der Waals surface area contributed by atoms with Gasteiger partial charge in [0.15, 0.2) is 5.88 Å². The predicted octanol–water partition coefficient (Wildman–Crippen LogP) is 4.05. The Balaban J connectivity index is 2.07. The van der Waals surface area contributed by atoms with Crippen molar-refractivity contribution in [2.75, 3.05) is 0 Å². The van der Waals surface area contributed by atoms with E-state index >= 15 is 0 Å². The summed E-state index contributed by atoms with van der Waals surface area (Å²) in [5.41, 5.74) is 2.51. The molecule has 1 aromatic carbocycles. The van der Waals surface area contributed by atoms with Gasteiger partial charge in [0.25, 0.3) is 0 Å². The molecule has 0 aromatic heterocycles. The molecular formula is C14H18BrNO. The van der Waals surface area contributed by atoms with Crippen LogP contribution >= 0.6 is 15.9 Å². The van der Waals surface area contributed by atoms with Gasteiger partial charge in [0.2, 0.25) is 0 Å². The number of rotatable bonds is 2. The molecule has 1 heterocycles. The molecule has 0 atom stereocenters.